The summed E-state index contributed by atoms with van der Waals surface area (Å²) < 4.78 is 10.4. The minimum absolute atomic E-state index is 0.00915. The van der Waals surface area contributed by atoms with Crippen LogP contribution in [0.5, 0.6) is 0 Å². The van der Waals surface area contributed by atoms with E-state index in [1.54, 1.807) is 76.2 Å². The fourth-order valence-electron chi connectivity index (χ4n) is 4.81. The summed E-state index contributed by atoms with van der Waals surface area (Å²) in [6.07, 6.45) is -0.408. The quantitative estimate of drug-likeness (QED) is 0.134. The van der Waals surface area contributed by atoms with Crippen LogP contribution in [0.1, 0.15) is 53.4 Å². The molecule has 2 aromatic rings. The molecule has 1 heterocycles. The van der Waals surface area contributed by atoms with Gasteiger partial charge in [0.05, 0.1) is 37.6 Å². The van der Waals surface area contributed by atoms with Crippen molar-refractivity contribution >= 4 is 64.3 Å². The third-order valence-corrected chi connectivity index (χ3v) is 7.17. The summed E-state index contributed by atoms with van der Waals surface area (Å²) >= 11 is 0. The zero-order valence-corrected chi connectivity index (χ0v) is 29.0. The summed E-state index contributed by atoms with van der Waals surface area (Å²) in [5.41, 5.74) is 6.53. The number of amides is 6. The molecule has 6 N–H and O–H groups in total. The van der Waals surface area contributed by atoms with Crippen LogP contribution < -0.4 is 27.0 Å². The van der Waals surface area contributed by atoms with Gasteiger partial charge in [0.2, 0.25) is 29.5 Å². The zero-order chi connectivity index (χ0) is 37.6. The van der Waals surface area contributed by atoms with Gasteiger partial charge < -0.3 is 36.5 Å². The molecule has 3 rings (SSSR count). The topological polar surface area (TPSA) is 240 Å². The minimum Gasteiger partial charge on any atom is -0.464 e. The van der Waals surface area contributed by atoms with Crippen LogP contribution >= 0.6 is 0 Å². The largest absolute Gasteiger partial charge is 0.464 e. The molecule has 1 unspecified atom stereocenters. The number of carbonyl (C=O) groups is 7. The lowest BCUT2D eigenvalue weighted by Gasteiger charge is -2.26. The Kier molecular flexibility index (Phi) is 14.7. The summed E-state index contributed by atoms with van der Waals surface area (Å²) in [4.78, 5) is 87.2. The van der Waals surface area contributed by atoms with E-state index in [0.717, 1.165) is 4.90 Å². The normalized spacial score (nSPS) is 15.6. The monoisotopic (exact) mass is 708 g/mol. The number of rotatable bonds is 15. The second-order valence-corrected chi connectivity index (χ2v) is 12.4. The highest BCUT2D eigenvalue weighted by molar-refractivity contribution is 6.01. The first-order valence-electron chi connectivity index (χ1n) is 16.4. The number of likely N-dealkylation sites (tertiary alicyclic amines) is 1. The van der Waals surface area contributed by atoms with Gasteiger partial charge in [-0.3, -0.25) is 24.0 Å². The van der Waals surface area contributed by atoms with E-state index < -0.39 is 53.3 Å². The highest BCUT2D eigenvalue weighted by Crippen LogP contribution is 2.31. The van der Waals surface area contributed by atoms with Crippen molar-refractivity contribution < 1.29 is 43.0 Å². The molecule has 2 aromatic carbocycles. The lowest BCUT2D eigenvalue weighted by molar-refractivity contribution is -0.151. The number of esters is 1. The molecule has 1 fully saturated rings. The number of carbonyl (C=O) groups excluding carboxylic acids is 7. The SMILES string of the molecule is CCOC(=O)[C@@H]1CC(CCCC(=O)NCC(=O)NCC(=O)Nc2ccc(N=Nc3ccc(NC(=O)CN)cc3)cc2)C(=O)N1C(=O)OC(C)(C)C. The molecular weight excluding hydrogens is 664 g/mol. The molecule has 0 spiro atoms. The van der Waals surface area contributed by atoms with E-state index in [-0.39, 0.29) is 57.8 Å². The Morgan fingerprint density at radius 2 is 1.35 bits per heavy atom. The zero-order valence-electron chi connectivity index (χ0n) is 29.0. The lowest BCUT2D eigenvalue weighted by Crippen LogP contribution is -2.46. The number of azo groups is 1. The molecule has 1 saturated heterocycles. The lowest BCUT2D eigenvalue weighted by atomic mass is 9.98. The molecule has 0 aliphatic carbocycles. The van der Waals surface area contributed by atoms with Crippen LogP contribution in [-0.4, -0.2) is 84.4 Å². The predicted molar refractivity (Wildman–Crippen MR) is 185 cm³/mol. The van der Waals surface area contributed by atoms with Gasteiger partial charge in [-0.2, -0.15) is 10.2 Å². The van der Waals surface area contributed by atoms with Gasteiger partial charge in [-0.05, 0) is 95.5 Å². The van der Waals surface area contributed by atoms with Crippen LogP contribution in [0.3, 0.4) is 0 Å². The Bertz CT molecular complexity index is 1600. The summed E-state index contributed by atoms with van der Waals surface area (Å²) in [6.45, 7) is 5.81. The van der Waals surface area contributed by atoms with Gasteiger partial charge in [0, 0.05) is 23.7 Å². The van der Waals surface area contributed by atoms with Crippen molar-refractivity contribution in [1.82, 2.24) is 15.5 Å². The molecule has 1 aliphatic rings. The molecule has 0 bridgehead atoms. The number of anilines is 2. The van der Waals surface area contributed by atoms with Crippen molar-refractivity contribution in [3.8, 4) is 0 Å². The molecule has 0 aromatic heterocycles. The Morgan fingerprint density at radius 3 is 1.88 bits per heavy atom. The number of benzene rings is 2. The highest BCUT2D eigenvalue weighted by Gasteiger charge is 2.48. The van der Waals surface area contributed by atoms with Gasteiger partial charge in [-0.1, -0.05) is 0 Å². The van der Waals surface area contributed by atoms with Crippen molar-refractivity contribution in [3.63, 3.8) is 0 Å². The third kappa shape index (κ3) is 13.3. The van der Waals surface area contributed by atoms with Crippen LogP contribution in [0.2, 0.25) is 0 Å². The van der Waals surface area contributed by atoms with E-state index in [0.29, 0.717) is 22.7 Å². The van der Waals surface area contributed by atoms with Crippen molar-refractivity contribution in [1.29, 1.82) is 0 Å². The fraction of sp³-hybridized carbons (Fsp3) is 0.441. The average molecular weight is 709 g/mol. The maximum atomic E-state index is 13.0. The molecule has 51 heavy (non-hydrogen) atoms. The van der Waals surface area contributed by atoms with Crippen LogP contribution in [0.15, 0.2) is 58.8 Å². The van der Waals surface area contributed by atoms with E-state index in [9.17, 15) is 33.6 Å². The summed E-state index contributed by atoms with van der Waals surface area (Å²) in [5, 5.41) is 18.4. The Hall–Kier alpha value is -5.71. The fourth-order valence-corrected chi connectivity index (χ4v) is 4.81. The summed E-state index contributed by atoms with van der Waals surface area (Å²) in [5.74, 6) is -3.80. The molecule has 274 valence electrons. The number of imide groups is 1. The second kappa shape index (κ2) is 18.9. The standard InChI is InChI=1S/C34H44N8O9/c1-5-50-32(48)26-17-21(31(47)42(26)33(49)51-34(2,3)4)7-6-8-27(43)36-19-29(45)37-20-30(46)39-23-11-15-25(16-12-23)41-40-24-13-9-22(10-14-24)38-28(44)18-35/h9-16,21,26H,5-8,17-20,35H2,1-4H3,(H,36,43)(H,37,45)(H,38,44)(H,39,46)/t21?,26-/m0/s1. The average Bonchev–Trinajstić information content (AvgIpc) is 3.42. The van der Waals surface area contributed by atoms with Crippen molar-refractivity contribution in [2.45, 2.75) is 65.0 Å². The van der Waals surface area contributed by atoms with Gasteiger partial charge >= 0.3 is 12.1 Å². The van der Waals surface area contributed by atoms with Crippen molar-refractivity contribution in [2.24, 2.45) is 21.9 Å². The number of ether oxygens (including phenoxy) is 2. The predicted octanol–water partition coefficient (Wildman–Crippen LogP) is 3.06. The summed E-state index contributed by atoms with van der Waals surface area (Å²) in [6, 6.07) is 12.1. The molecule has 1 aliphatic heterocycles. The maximum absolute atomic E-state index is 13.0. The number of nitrogens with two attached hydrogens (primary N) is 1. The number of hydrogen-bond donors (Lipinski definition) is 5. The summed E-state index contributed by atoms with van der Waals surface area (Å²) in [7, 11) is 0. The molecule has 17 heteroatoms. The van der Waals surface area contributed by atoms with Gasteiger partial charge in [-0.25, -0.2) is 14.5 Å². The van der Waals surface area contributed by atoms with Crippen LogP contribution in [0.4, 0.5) is 27.5 Å². The van der Waals surface area contributed by atoms with Gasteiger partial charge in [0.25, 0.3) is 0 Å². The van der Waals surface area contributed by atoms with E-state index in [1.807, 2.05) is 0 Å². The number of hydrogen-bond acceptors (Lipinski definition) is 12. The first-order chi connectivity index (χ1) is 24.2. The molecule has 6 amide bonds. The highest BCUT2D eigenvalue weighted by atomic mass is 16.6. The van der Waals surface area contributed by atoms with E-state index in [4.69, 9.17) is 15.2 Å². The minimum atomic E-state index is -1.11. The van der Waals surface area contributed by atoms with Crippen LogP contribution in [0, 0.1) is 5.92 Å². The number of nitrogens with zero attached hydrogens (tertiary/aromatic N) is 3. The molecular formula is C34H44N8O9. The second-order valence-electron chi connectivity index (χ2n) is 12.4. The molecule has 0 saturated carbocycles. The van der Waals surface area contributed by atoms with E-state index >= 15 is 0 Å². The smallest absolute Gasteiger partial charge is 0.417 e. The van der Waals surface area contributed by atoms with Gasteiger partial charge in [0.1, 0.15) is 11.6 Å². The van der Waals surface area contributed by atoms with Crippen molar-refractivity contribution in [2.75, 3.05) is 36.9 Å². The van der Waals surface area contributed by atoms with E-state index in [2.05, 4.69) is 31.5 Å². The molecule has 2 atom stereocenters. The van der Waals surface area contributed by atoms with Gasteiger partial charge in [0.15, 0.2) is 0 Å². The molecule has 0 radical (unpaired) electrons. The van der Waals surface area contributed by atoms with Gasteiger partial charge in [-0.15, -0.1) is 0 Å². The van der Waals surface area contributed by atoms with E-state index in [1.165, 1.54) is 0 Å². The maximum Gasteiger partial charge on any atom is 0.417 e. The Morgan fingerprint density at radius 1 is 0.824 bits per heavy atom. The van der Waals surface area contributed by atoms with Crippen molar-refractivity contribution in [3.05, 3.63) is 48.5 Å². The Labute approximate surface area is 295 Å². The van der Waals surface area contributed by atoms with Crippen LogP contribution in [-0.2, 0) is 38.2 Å². The first kappa shape index (κ1) is 39.7. The number of nitrogens with one attached hydrogen (secondary N) is 4. The van der Waals surface area contributed by atoms with Crippen LogP contribution in [0.25, 0.3) is 0 Å². The first-order valence-corrected chi connectivity index (χ1v) is 16.4. The molecule has 17 nitrogen and oxygen atoms in total. The third-order valence-electron chi connectivity index (χ3n) is 7.17. The Balaban J connectivity index is 1.36.